The quantitative estimate of drug-likeness (QED) is 0.487. The Kier molecular flexibility index (Phi) is 6.11. The molecule has 2 aromatic rings. The lowest BCUT2D eigenvalue weighted by molar-refractivity contribution is 0.380. The molecule has 7 heteroatoms. The van der Waals surface area contributed by atoms with Crippen molar-refractivity contribution in [2.75, 3.05) is 44.7 Å². The highest BCUT2D eigenvalue weighted by Crippen LogP contribution is 2.18. The van der Waals surface area contributed by atoms with E-state index in [9.17, 15) is 0 Å². The zero-order chi connectivity index (χ0) is 17.5. The summed E-state index contributed by atoms with van der Waals surface area (Å²) in [6, 6.07) is 8.19. The summed E-state index contributed by atoms with van der Waals surface area (Å²) in [4.78, 5) is 13.4. The summed E-state index contributed by atoms with van der Waals surface area (Å²) in [6.07, 6.45) is 3.84. The number of aromatic nitrogens is 1. The van der Waals surface area contributed by atoms with Gasteiger partial charge in [-0.15, -0.1) is 11.3 Å². The summed E-state index contributed by atoms with van der Waals surface area (Å²) in [5.41, 5.74) is 7.46. The van der Waals surface area contributed by atoms with E-state index >= 15 is 0 Å². The van der Waals surface area contributed by atoms with Crippen molar-refractivity contribution in [3.63, 3.8) is 0 Å². The van der Waals surface area contributed by atoms with Gasteiger partial charge < -0.3 is 20.3 Å². The van der Waals surface area contributed by atoms with Crippen LogP contribution in [0.15, 0.2) is 40.8 Å². The van der Waals surface area contributed by atoms with Crippen LogP contribution in [0.1, 0.15) is 12.0 Å². The van der Waals surface area contributed by atoms with Crippen LogP contribution in [0.3, 0.4) is 0 Å². The molecule has 25 heavy (non-hydrogen) atoms. The van der Waals surface area contributed by atoms with Crippen LogP contribution >= 0.6 is 11.3 Å². The van der Waals surface area contributed by atoms with E-state index in [0.29, 0.717) is 5.96 Å². The number of thiazole rings is 1. The van der Waals surface area contributed by atoms with E-state index in [1.807, 2.05) is 23.7 Å². The van der Waals surface area contributed by atoms with Crippen molar-refractivity contribution in [2.24, 2.45) is 10.7 Å². The summed E-state index contributed by atoms with van der Waals surface area (Å²) in [6.45, 7) is 4.43. The summed E-state index contributed by atoms with van der Waals surface area (Å²) >= 11 is 1.68. The molecule has 1 saturated heterocycles. The SMILES string of the molecule is COc1ccc(CCCN=C(N)N2CCN(c3nccs3)CC2)cc1. The zero-order valence-corrected chi connectivity index (χ0v) is 15.4. The Labute approximate surface area is 152 Å². The first-order valence-corrected chi connectivity index (χ1v) is 9.46. The number of aryl methyl sites for hydroxylation is 1. The number of hydrogen-bond acceptors (Lipinski definition) is 5. The lowest BCUT2D eigenvalue weighted by atomic mass is 10.1. The molecule has 6 nitrogen and oxygen atoms in total. The average molecular weight is 359 g/mol. The van der Waals surface area contributed by atoms with Crippen LogP contribution in [0.4, 0.5) is 5.13 Å². The number of hydrogen-bond donors (Lipinski definition) is 1. The molecule has 1 aliphatic rings. The molecule has 0 amide bonds. The average Bonchev–Trinajstić information content (AvgIpc) is 3.20. The molecule has 1 fully saturated rings. The summed E-state index contributed by atoms with van der Waals surface area (Å²) in [5, 5.41) is 3.11. The highest BCUT2D eigenvalue weighted by Gasteiger charge is 2.19. The van der Waals surface area contributed by atoms with Gasteiger partial charge in [-0.2, -0.15) is 0 Å². The van der Waals surface area contributed by atoms with Crippen LogP contribution in [0.25, 0.3) is 0 Å². The molecular weight excluding hydrogens is 334 g/mol. The second-order valence-corrected chi connectivity index (χ2v) is 6.85. The van der Waals surface area contributed by atoms with Gasteiger partial charge in [0, 0.05) is 44.3 Å². The molecule has 1 aromatic heterocycles. The normalized spacial score (nSPS) is 15.5. The zero-order valence-electron chi connectivity index (χ0n) is 14.6. The van der Waals surface area contributed by atoms with Crippen molar-refractivity contribution in [1.29, 1.82) is 0 Å². The van der Waals surface area contributed by atoms with Crippen LogP contribution < -0.4 is 15.4 Å². The number of anilines is 1. The maximum atomic E-state index is 6.16. The lowest BCUT2D eigenvalue weighted by Gasteiger charge is -2.35. The van der Waals surface area contributed by atoms with Gasteiger partial charge in [0.25, 0.3) is 0 Å². The van der Waals surface area contributed by atoms with Crippen molar-refractivity contribution in [3.8, 4) is 5.75 Å². The van der Waals surface area contributed by atoms with E-state index in [4.69, 9.17) is 10.5 Å². The van der Waals surface area contributed by atoms with Crippen molar-refractivity contribution in [3.05, 3.63) is 41.4 Å². The van der Waals surface area contributed by atoms with Crippen molar-refractivity contribution in [1.82, 2.24) is 9.88 Å². The predicted molar refractivity (Wildman–Crippen MR) is 104 cm³/mol. The Morgan fingerprint density at radius 2 is 2.00 bits per heavy atom. The second kappa shape index (κ2) is 8.71. The number of aliphatic imine (C=N–C) groups is 1. The van der Waals surface area contributed by atoms with Crippen molar-refractivity contribution >= 4 is 22.4 Å². The number of nitrogens with two attached hydrogens (primary N) is 1. The summed E-state index contributed by atoms with van der Waals surface area (Å²) < 4.78 is 5.17. The molecule has 3 rings (SSSR count). The highest BCUT2D eigenvalue weighted by molar-refractivity contribution is 7.13. The summed E-state index contributed by atoms with van der Waals surface area (Å²) in [5.74, 6) is 1.55. The van der Waals surface area contributed by atoms with Gasteiger partial charge in [0.1, 0.15) is 5.75 Å². The van der Waals surface area contributed by atoms with E-state index in [2.05, 4.69) is 31.9 Å². The molecule has 1 aliphatic heterocycles. The molecule has 0 radical (unpaired) electrons. The number of methoxy groups -OCH3 is 1. The first kappa shape index (κ1) is 17.5. The number of benzene rings is 1. The molecule has 0 atom stereocenters. The van der Waals surface area contributed by atoms with E-state index in [1.165, 1.54) is 5.56 Å². The van der Waals surface area contributed by atoms with E-state index < -0.39 is 0 Å². The van der Waals surface area contributed by atoms with E-state index in [1.54, 1.807) is 18.4 Å². The third-order valence-corrected chi connectivity index (χ3v) is 5.18. The van der Waals surface area contributed by atoms with E-state index in [-0.39, 0.29) is 0 Å². The van der Waals surface area contributed by atoms with Crippen molar-refractivity contribution in [2.45, 2.75) is 12.8 Å². The number of guanidine groups is 1. The van der Waals surface area contributed by atoms with Crippen LogP contribution in [-0.2, 0) is 6.42 Å². The molecule has 0 bridgehead atoms. The maximum absolute atomic E-state index is 6.16. The van der Waals surface area contributed by atoms with Gasteiger partial charge in [-0.25, -0.2) is 4.98 Å². The van der Waals surface area contributed by atoms with Crippen LogP contribution in [0.2, 0.25) is 0 Å². The monoisotopic (exact) mass is 359 g/mol. The molecule has 134 valence electrons. The first-order valence-electron chi connectivity index (χ1n) is 8.58. The molecule has 0 unspecified atom stereocenters. The summed E-state index contributed by atoms with van der Waals surface area (Å²) in [7, 11) is 1.68. The van der Waals surface area contributed by atoms with Crippen LogP contribution in [0, 0.1) is 0 Å². The largest absolute Gasteiger partial charge is 0.497 e. The Bertz CT molecular complexity index is 663. The standard InChI is InChI=1S/C18H25N5OS/c1-24-16-6-4-15(5-7-16)3-2-8-20-17(19)22-10-12-23(13-11-22)18-21-9-14-25-18/h4-7,9,14H,2-3,8,10-13H2,1H3,(H2,19,20). The lowest BCUT2D eigenvalue weighted by Crippen LogP contribution is -2.51. The fraction of sp³-hybridized carbons (Fsp3) is 0.444. The van der Waals surface area contributed by atoms with Gasteiger partial charge in [-0.1, -0.05) is 12.1 Å². The number of ether oxygens (including phenoxy) is 1. The van der Waals surface area contributed by atoms with Gasteiger partial charge >= 0.3 is 0 Å². The molecule has 2 heterocycles. The van der Waals surface area contributed by atoms with Crippen molar-refractivity contribution < 1.29 is 4.74 Å². The minimum absolute atomic E-state index is 0.661. The first-order chi connectivity index (χ1) is 12.3. The topological polar surface area (TPSA) is 67.0 Å². The van der Waals surface area contributed by atoms with Gasteiger partial charge in [0.05, 0.1) is 7.11 Å². The molecule has 1 aromatic carbocycles. The Hall–Kier alpha value is -2.28. The minimum Gasteiger partial charge on any atom is -0.497 e. The number of piperazine rings is 1. The van der Waals surface area contributed by atoms with Gasteiger partial charge in [-0.3, -0.25) is 4.99 Å². The minimum atomic E-state index is 0.661. The van der Waals surface area contributed by atoms with Crippen LogP contribution in [-0.4, -0.2) is 55.7 Å². The van der Waals surface area contributed by atoms with Gasteiger partial charge in [0.2, 0.25) is 0 Å². The maximum Gasteiger partial charge on any atom is 0.191 e. The predicted octanol–water partition coefficient (Wildman–Crippen LogP) is 2.22. The third-order valence-electron chi connectivity index (χ3n) is 4.35. The Morgan fingerprint density at radius 3 is 2.64 bits per heavy atom. The van der Waals surface area contributed by atoms with Gasteiger partial charge in [-0.05, 0) is 30.5 Å². The fourth-order valence-corrected chi connectivity index (χ4v) is 3.56. The Balaban J connectivity index is 1.40. The molecule has 0 aliphatic carbocycles. The van der Waals surface area contributed by atoms with Gasteiger partial charge in [0.15, 0.2) is 11.1 Å². The molecule has 2 N–H and O–H groups in total. The smallest absolute Gasteiger partial charge is 0.191 e. The molecule has 0 saturated carbocycles. The highest BCUT2D eigenvalue weighted by atomic mass is 32.1. The van der Waals surface area contributed by atoms with E-state index in [0.717, 1.165) is 56.4 Å². The molecule has 0 spiro atoms. The number of nitrogens with zero attached hydrogens (tertiary/aromatic N) is 4. The fourth-order valence-electron chi connectivity index (χ4n) is 2.87. The molecular formula is C18H25N5OS. The Morgan fingerprint density at radius 1 is 1.24 bits per heavy atom. The van der Waals surface area contributed by atoms with Crippen LogP contribution in [0.5, 0.6) is 5.75 Å². The third kappa shape index (κ3) is 4.85. The number of rotatable bonds is 6. The second-order valence-electron chi connectivity index (χ2n) is 5.98.